The monoisotopic (exact) mass is 426 g/mol. The minimum Gasteiger partial charge on any atom is -0.287 e. The Morgan fingerprint density at radius 1 is 1.14 bits per heavy atom. The maximum absolute atomic E-state index is 14.4. The zero-order valence-corrected chi connectivity index (χ0v) is 16.0. The van der Waals surface area contributed by atoms with Crippen molar-refractivity contribution in [2.24, 2.45) is 0 Å². The van der Waals surface area contributed by atoms with Crippen LogP contribution in [0.15, 0.2) is 30.7 Å². The molecule has 0 unspecified atom stereocenters. The van der Waals surface area contributed by atoms with Gasteiger partial charge >= 0.3 is 0 Å². The van der Waals surface area contributed by atoms with Crippen LogP contribution in [0.2, 0.25) is 5.02 Å². The lowest BCUT2D eigenvalue weighted by atomic mass is 10.1. The molecule has 0 amide bonds. The molecule has 2 heterocycles. The van der Waals surface area contributed by atoms with E-state index in [1.54, 1.807) is 6.92 Å². The number of nitrogens with one attached hydrogen (secondary N) is 1. The van der Waals surface area contributed by atoms with Crippen LogP contribution in [-0.4, -0.2) is 34.9 Å². The maximum Gasteiger partial charge on any atom is 0.232 e. The van der Waals surface area contributed by atoms with Crippen LogP contribution in [0.4, 0.5) is 14.5 Å². The van der Waals surface area contributed by atoms with E-state index >= 15 is 0 Å². The van der Waals surface area contributed by atoms with Gasteiger partial charge in [0, 0.05) is 18.5 Å². The number of carbonyl (C=O) groups is 1. The van der Waals surface area contributed by atoms with Crippen molar-refractivity contribution in [1.29, 1.82) is 0 Å². The van der Waals surface area contributed by atoms with Gasteiger partial charge in [-0.15, -0.1) is 0 Å². The number of ketones is 1. The summed E-state index contributed by atoms with van der Waals surface area (Å²) in [6.07, 6.45) is 4.38. The van der Waals surface area contributed by atoms with Gasteiger partial charge in [-0.1, -0.05) is 18.5 Å². The first-order valence-corrected chi connectivity index (χ1v) is 10.1. The van der Waals surface area contributed by atoms with Crippen molar-refractivity contribution >= 4 is 44.1 Å². The summed E-state index contributed by atoms with van der Waals surface area (Å²) in [4.78, 5) is 24.7. The fourth-order valence-corrected chi connectivity index (χ4v) is 3.95. The van der Waals surface area contributed by atoms with Crippen LogP contribution in [-0.2, 0) is 10.0 Å². The summed E-state index contributed by atoms with van der Waals surface area (Å²) in [5.74, 6) is -4.21. The quantitative estimate of drug-likeness (QED) is 0.479. The molecule has 146 valence electrons. The number of rotatable bonds is 6. The second-order valence-corrected chi connectivity index (χ2v) is 7.99. The standard InChI is InChI=1S/C17H13ClF2N4O3S/c1-2-5-28(26,27)24-11-6-9(19)16(20)14(15(11)18)17(25)12-7-10-13(8-23-12)22-4-3-21-10/h3-4,6-8,24H,2,5H2,1H3. The van der Waals surface area contributed by atoms with Crippen LogP contribution >= 0.6 is 11.6 Å². The van der Waals surface area contributed by atoms with Gasteiger partial charge in [0.25, 0.3) is 0 Å². The Morgan fingerprint density at radius 2 is 1.82 bits per heavy atom. The summed E-state index contributed by atoms with van der Waals surface area (Å²) < 4.78 is 54.4. The number of benzene rings is 1. The molecule has 0 spiro atoms. The summed E-state index contributed by atoms with van der Waals surface area (Å²) in [6, 6.07) is 1.84. The Hall–Kier alpha value is -2.72. The largest absolute Gasteiger partial charge is 0.287 e. The lowest BCUT2D eigenvalue weighted by Crippen LogP contribution is -2.18. The third-order valence-corrected chi connectivity index (χ3v) is 5.58. The van der Waals surface area contributed by atoms with E-state index in [1.807, 2.05) is 0 Å². The number of pyridine rings is 1. The molecule has 28 heavy (non-hydrogen) atoms. The van der Waals surface area contributed by atoms with Gasteiger partial charge in [-0.05, 0) is 12.5 Å². The second kappa shape index (κ2) is 7.72. The molecule has 0 saturated heterocycles. The first-order chi connectivity index (χ1) is 13.2. The number of hydrogen-bond acceptors (Lipinski definition) is 6. The summed E-state index contributed by atoms with van der Waals surface area (Å²) in [7, 11) is -3.84. The highest BCUT2D eigenvalue weighted by atomic mass is 35.5. The first-order valence-electron chi connectivity index (χ1n) is 8.03. The van der Waals surface area contributed by atoms with Crippen molar-refractivity contribution in [3.05, 3.63) is 58.6 Å². The number of fused-ring (bicyclic) bond motifs is 1. The Balaban J connectivity index is 2.10. The third kappa shape index (κ3) is 3.92. The molecule has 0 bridgehead atoms. The Kier molecular flexibility index (Phi) is 5.52. The highest BCUT2D eigenvalue weighted by Crippen LogP contribution is 2.32. The van der Waals surface area contributed by atoms with E-state index in [4.69, 9.17) is 11.6 Å². The molecule has 0 saturated carbocycles. The van der Waals surface area contributed by atoms with E-state index in [2.05, 4.69) is 19.7 Å². The van der Waals surface area contributed by atoms with Crippen molar-refractivity contribution in [1.82, 2.24) is 15.0 Å². The van der Waals surface area contributed by atoms with Crippen LogP contribution in [0.1, 0.15) is 29.4 Å². The van der Waals surface area contributed by atoms with Gasteiger partial charge in [-0.3, -0.25) is 24.5 Å². The fraction of sp³-hybridized carbons (Fsp3) is 0.176. The van der Waals surface area contributed by atoms with Crippen LogP contribution in [0, 0.1) is 11.6 Å². The third-order valence-electron chi connectivity index (χ3n) is 3.71. The number of sulfonamides is 1. The summed E-state index contributed by atoms with van der Waals surface area (Å²) in [5.41, 5.74) is -0.790. The van der Waals surface area contributed by atoms with Crippen LogP contribution < -0.4 is 4.72 Å². The lowest BCUT2D eigenvalue weighted by Gasteiger charge is -2.13. The molecule has 3 rings (SSSR count). The number of anilines is 1. The van der Waals surface area contributed by atoms with Crippen molar-refractivity contribution in [3.63, 3.8) is 0 Å². The Labute approximate surface area is 163 Å². The van der Waals surface area contributed by atoms with Gasteiger partial charge in [-0.25, -0.2) is 17.2 Å². The van der Waals surface area contributed by atoms with E-state index in [0.29, 0.717) is 23.5 Å². The van der Waals surface area contributed by atoms with Crippen LogP contribution in [0.5, 0.6) is 0 Å². The van der Waals surface area contributed by atoms with E-state index in [0.717, 1.165) is 0 Å². The smallest absolute Gasteiger partial charge is 0.232 e. The summed E-state index contributed by atoms with van der Waals surface area (Å²) in [5, 5.41) is -0.565. The number of carbonyl (C=O) groups excluding carboxylic acids is 1. The molecule has 0 aliphatic heterocycles. The molecule has 1 aromatic carbocycles. The summed E-state index contributed by atoms with van der Waals surface area (Å²) >= 11 is 6.05. The molecule has 0 aliphatic rings. The topological polar surface area (TPSA) is 102 Å². The van der Waals surface area contributed by atoms with Gasteiger partial charge in [-0.2, -0.15) is 0 Å². The van der Waals surface area contributed by atoms with Gasteiger partial charge in [0.15, 0.2) is 11.6 Å². The number of hydrogen-bond donors (Lipinski definition) is 1. The molecule has 7 nitrogen and oxygen atoms in total. The molecule has 3 aromatic rings. The molecular weight excluding hydrogens is 414 g/mol. The van der Waals surface area contributed by atoms with E-state index < -0.39 is 43.7 Å². The van der Waals surface area contributed by atoms with Crippen molar-refractivity contribution in [2.45, 2.75) is 13.3 Å². The molecular formula is C17H13ClF2N4O3S. The maximum atomic E-state index is 14.4. The van der Waals surface area contributed by atoms with Gasteiger partial charge in [0.2, 0.25) is 15.8 Å². The zero-order chi connectivity index (χ0) is 20.5. The van der Waals surface area contributed by atoms with Crippen molar-refractivity contribution in [3.8, 4) is 0 Å². The normalized spacial score (nSPS) is 11.6. The second-order valence-electron chi connectivity index (χ2n) is 5.77. The Bertz CT molecular complexity index is 1190. The fourth-order valence-electron chi connectivity index (χ4n) is 2.48. The lowest BCUT2D eigenvalue weighted by molar-refractivity contribution is 0.103. The molecule has 1 N–H and O–H groups in total. The predicted molar refractivity (Wildman–Crippen MR) is 99.8 cm³/mol. The molecule has 2 aromatic heterocycles. The van der Waals surface area contributed by atoms with E-state index in [9.17, 15) is 22.0 Å². The molecule has 11 heteroatoms. The van der Waals surface area contributed by atoms with Gasteiger partial charge < -0.3 is 0 Å². The zero-order valence-electron chi connectivity index (χ0n) is 14.4. The van der Waals surface area contributed by atoms with E-state index in [1.165, 1.54) is 24.7 Å². The molecule has 0 atom stereocenters. The molecule has 0 radical (unpaired) electrons. The average molecular weight is 427 g/mol. The minimum absolute atomic E-state index is 0.248. The van der Waals surface area contributed by atoms with Crippen LogP contribution in [0.3, 0.4) is 0 Å². The van der Waals surface area contributed by atoms with Gasteiger partial charge in [0.1, 0.15) is 11.2 Å². The number of nitrogens with zero attached hydrogens (tertiary/aromatic N) is 3. The summed E-state index contributed by atoms with van der Waals surface area (Å²) in [6.45, 7) is 1.63. The first kappa shape index (κ1) is 20.0. The van der Waals surface area contributed by atoms with Crippen molar-refractivity contribution in [2.75, 3.05) is 10.5 Å². The molecule has 0 aliphatic carbocycles. The Morgan fingerprint density at radius 3 is 2.50 bits per heavy atom. The minimum atomic E-state index is -3.84. The number of aromatic nitrogens is 3. The van der Waals surface area contributed by atoms with Crippen LogP contribution in [0.25, 0.3) is 11.0 Å². The van der Waals surface area contributed by atoms with Gasteiger partial charge in [0.05, 0.1) is 33.7 Å². The average Bonchev–Trinajstić information content (AvgIpc) is 2.65. The predicted octanol–water partition coefficient (Wildman–Crippen LogP) is 3.34. The molecule has 0 fully saturated rings. The SMILES string of the molecule is CCCS(=O)(=O)Nc1cc(F)c(F)c(C(=O)c2cc3nccnc3cn2)c1Cl. The number of halogens is 3. The van der Waals surface area contributed by atoms with Crippen molar-refractivity contribution < 1.29 is 22.0 Å². The highest BCUT2D eigenvalue weighted by molar-refractivity contribution is 7.92. The van der Waals surface area contributed by atoms with E-state index in [-0.39, 0.29) is 11.4 Å². The highest BCUT2D eigenvalue weighted by Gasteiger charge is 2.26.